The van der Waals surface area contributed by atoms with E-state index in [2.05, 4.69) is 4.98 Å². The van der Waals surface area contributed by atoms with E-state index in [1.54, 1.807) is 6.92 Å². The maximum atomic E-state index is 11.6. The second-order valence-corrected chi connectivity index (χ2v) is 4.38. The van der Waals surface area contributed by atoms with Crippen molar-refractivity contribution in [2.24, 2.45) is 0 Å². The van der Waals surface area contributed by atoms with E-state index >= 15 is 0 Å². The fraction of sp³-hybridized carbons (Fsp3) is 0.636. The lowest BCUT2D eigenvalue weighted by molar-refractivity contribution is -0.130. The van der Waals surface area contributed by atoms with Gasteiger partial charge in [-0.2, -0.15) is 4.98 Å². The summed E-state index contributed by atoms with van der Waals surface area (Å²) < 4.78 is 6.80. The van der Waals surface area contributed by atoms with E-state index in [0.717, 1.165) is 0 Å². The van der Waals surface area contributed by atoms with Crippen molar-refractivity contribution in [3.05, 3.63) is 22.7 Å². The van der Waals surface area contributed by atoms with Gasteiger partial charge in [0.25, 0.3) is 0 Å². The van der Waals surface area contributed by atoms with Gasteiger partial charge in [-0.3, -0.25) is 4.57 Å². The molecule has 18 heavy (non-hydrogen) atoms. The fourth-order valence-corrected chi connectivity index (χ4v) is 2.17. The Bertz CT molecular complexity index is 483. The van der Waals surface area contributed by atoms with Crippen molar-refractivity contribution in [1.82, 2.24) is 9.55 Å². The predicted molar refractivity (Wildman–Crippen MR) is 61.0 cm³/mol. The van der Waals surface area contributed by atoms with Gasteiger partial charge >= 0.3 is 5.69 Å². The highest BCUT2D eigenvalue weighted by Gasteiger charge is 2.47. The normalized spacial score (nSPS) is 31.7. The summed E-state index contributed by atoms with van der Waals surface area (Å²) in [6.45, 7) is 1.47. The third-order valence-electron chi connectivity index (χ3n) is 3.39. The molecule has 1 aliphatic heterocycles. The largest absolute Gasteiger partial charge is 0.493 e. The van der Waals surface area contributed by atoms with Crippen LogP contribution >= 0.6 is 0 Å². The third-order valence-corrected chi connectivity index (χ3v) is 3.39. The van der Waals surface area contributed by atoms with Crippen LogP contribution in [0.2, 0.25) is 0 Å². The van der Waals surface area contributed by atoms with Crippen LogP contribution in [0.4, 0.5) is 0 Å². The zero-order valence-corrected chi connectivity index (χ0v) is 9.98. The van der Waals surface area contributed by atoms with Gasteiger partial charge in [0, 0.05) is 18.7 Å². The first-order valence-corrected chi connectivity index (χ1v) is 5.77. The highest BCUT2D eigenvalue weighted by molar-refractivity contribution is 5.04. The number of hydrogen-bond donors (Lipinski definition) is 3. The second kappa shape index (κ2) is 4.68. The SMILES string of the molecule is CC[C@]1(CO)O[C@@H](n2ccc(O)nc2=O)C[C@@H]1O. The third kappa shape index (κ3) is 2.00. The summed E-state index contributed by atoms with van der Waals surface area (Å²) in [5.41, 5.74) is -1.70. The average molecular weight is 256 g/mol. The molecule has 0 aromatic carbocycles. The maximum absolute atomic E-state index is 11.6. The van der Waals surface area contributed by atoms with E-state index in [0.29, 0.717) is 6.42 Å². The summed E-state index contributed by atoms with van der Waals surface area (Å²) in [5.74, 6) is -0.362. The molecule has 0 radical (unpaired) electrons. The molecule has 2 heterocycles. The maximum Gasteiger partial charge on any atom is 0.352 e. The first-order valence-electron chi connectivity index (χ1n) is 5.77. The minimum Gasteiger partial charge on any atom is -0.493 e. The summed E-state index contributed by atoms with van der Waals surface area (Å²) >= 11 is 0. The molecule has 1 fully saturated rings. The first kappa shape index (κ1) is 13.0. The van der Waals surface area contributed by atoms with Gasteiger partial charge in [-0.15, -0.1) is 0 Å². The summed E-state index contributed by atoms with van der Waals surface area (Å²) in [4.78, 5) is 15.0. The topological polar surface area (TPSA) is 105 Å². The summed E-state index contributed by atoms with van der Waals surface area (Å²) in [7, 11) is 0. The standard InChI is InChI=1S/C11H16N2O5/c1-2-11(6-14)7(15)5-9(18-11)13-4-3-8(16)12-10(13)17/h3-4,7,9,14-15H,2,5-6H2,1H3,(H,12,16,17)/t7-,9+,11+/m0/s1. The monoisotopic (exact) mass is 256 g/mol. The number of aliphatic hydroxyl groups is 2. The molecule has 7 nitrogen and oxygen atoms in total. The Balaban J connectivity index is 2.30. The van der Waals surface area contributed by atoms with Gasteiger partial charge in [0.05, 0.1) is 12.7 Å². The number of aliphatic hydroxyl groups excluding tert-OH is 2. The van der Waals surface area contributed by atoms with Crippen molar-refractivity contribution in [2.45, 2.75) is 37.7 Å². The van der Waals surface area contributed by atoms with Gasteiger partial charge in [0.2, 0.25) is 5.88 Å². The van der Waals surface area contributed by atoms with Gasteiger partial charge in [-0.05, 0) is 6.42 Å². The van der Waals surface area contributed by atoms with Gasteiger partial charge < -0.3 is 20.1 Å². The number of rotatable bonds is 3. The van der Waals surface area contributed by atoms with Gasteiger partial charge in [0.1, 0.15) is 11.8 Å². The summed E-state index contributed by atoms with van der Waals surface area (Å²) in [5, 5.41) is 28.4. The van der Waals surface area contributed by atoms with E-state index in [9.17, 15) is 15.0 Å². The number of aromatic hydroxyl groups is 1. The lowest BCUT2D eigenvalue weighted by atomic mass is 9.95. The van der Waals surface area contributed by atoms with Crippen molar-refractivity contribution in [2.75, 3.05) is 6.61 Å². The van der Waals surface area contributed by atoms with Crippen LogP contribution in [0.1, 0.15) is 26.0 Å². The van der Waals surface area contributed by atoms with Crippen LogP contribution in [0, 0.1) is 0 Å². The minimum atomic E-state index is -1.04. The number of aromatic nitrogens is 2. The molecule has 0 spiro atoms. The highest BCUT2D eigenvalue weighted by Crippen LogP contribution is 2.38. The molecule has 0 amide bonds. The number of nitrogens with zero attached hydrogens (tertiary/aromatic N) is 2. The minimum absolute atomic E-state index is 0.195. The molecule has 1 aliphatic rings. The van der Waals surface area contributed by atoms with Crippen molar-refractivity contribution in [3.8, 4) is 5.88 Å². The van der Waals surface area contributed by atoms with Gasteiger partial charge in [0.15, 0.2) is 0 Å². The molecule has 1 aromatic heterocycles. The molecule has 0 bridgehead atoms. The molecule has 0 aliphatic carbocycles. The van der Waals surface area contributed by atoms with E-state index < -0.39 is 23.6 Å². The second-order valence-electron chi connectivity index (χ2n) is 4.38. The summed E-state index contributed by atoms with van der Waals surface area (Å²) in [6.07, 6.45) is 0.443. The molecule has 3 atom stereocenters. The molecule has 100 valence electrons. The van der Waals surface area contributed by atoms with Crippen LogP contribution in [-0.2, 0) is 4.74 Å². The van der Waals surface area contributed by atoms with Crippen LogP contribution in [0.3, 0.4) is 0 Å². The smallest absolute Gasteiger partial charge is 0.352 e. The Labute approximate surface area is 103 Å². The molecule has 0 unspecified atom stereocenters. The molecule has 1 aromatic rings. The van der Waals surface area contributed by atoms with Crippen molar-refractivity contribution < 1.29 is 20.1 Å². The molecular weight excluding hydrogens is 240 g/mol. The van der Waals surface area contributed by atoms with Crippen molar-refractivity contribution >= 4 is 0 Å². The van der Waals surface area contributed by atoms with E-state index in [1.165, 1.54) is 16.8 Å². The first-order chi connectivity index (χ1) is 8.52. The summed E-state index contributed by atoms with van der Waals surface area (Å²) in [6, 6.07) is 1.27. The van der Waals surface area contributed by atoms with E-state index in [-0.39, 0.29) is 18.9 Å². The molecule has 0 saturated carbocycles. The lowest BCUT2D eigenvalue weighted by Crippen LogP contribution is -2.42. The Morgan fingerprint density at radius 2 is 2.39 bits per heavy atom. The van der Waals surface area contributed by atoms with Crippen LogP contribution in [0.15, 0.2) is 17.1 Å². The molecular formula is C11H16N2O5. The molecule has 1 saturated heterocycles. The number of hydrogen-bond acceptors (Lipinski definition) is 6. The Hall–Kier alpha value is -1.44. The Morgan fingerprint density at radius 3 is 2.89 bits per heavy atom. The average Bonchev–Trinajstić information content (AvgIpc) is 2.67. The van der Waals surface area contributed by atoms with Crippen LogP contribution in [0.5, 0.6) is 5.88 Å². The van der Waals surface area contributed by atoms with Crippen LogP contribution in [-0.4, -0.2) is 43.2 Å². The van der Waals surface area contributed by atoms with Crippen LogP contribution < -0.4 is 5.69 Å². The van der Waals surface area contributed by atoms with Gasteiger partial charge in [-0.1, -0.05) is 6.92 Å². The van der Waals surface area contributed by atoms with Crippen molar-refractivity contribution in [1.29, 1.82) is 0 Å². The number of ether oxygens (including phenoxy) is 1. The quantitative estimate of drug-likeness (QED) is 0.665. The van der Waals surface area contributed by atoms with Crippen LogP contribution in [0.25, 0.3) is 0 Å². The molecule has 3 N–H and O–H groups in total. The highest BCUT2D eigenvalue weighted by atomic mass is 16.6. The zero-order chi connectivity index (χ0) is 13.3. The predicted octanol–water partition coefficient (Wildman–Crippen LogP) is -0.630. The zero-order valence-electron chi connectivity index (χ0n) is 9.98. The fourth-order valence-electron chi connectivity index (χ4n) is 2.17. The van der Waals surface area contributed by atoms with E-state index in [1.807, 2.05) is 0 Å². The Morgan fingerprint density at radius 1 is 1.67 bits per heavy atom. The molecule has 7 heteroatoms. The Kier molecular flexibility index (Phi) is 3.38. The lowest BCUT2D eigenvalue weighted by Gasteiger charge is -2.28. The van der Waals surface area contributed by atoms with Gasteiger partial charge in [-0.25, -0.2) is 4.79 Å². The van der Waals surface area contributed by atoms with E-state index in [4.69, 9.17) is 9.84 Å². The molecule has 2 rings (SSSR count). The van der Waals surface area contributed by atoms with Crippen molar-refractivity contribution in [3.63, 3.8) is 0 Å².